The van der Waals surface area contributed by atoms with Crippen molar-refractivity contribution in [1.82, 2.24) is 14.7 Å². The minimum absolute atomic E-state index is 0.0139. The second-order valence-electron chi connectivity index (χ2n) is 10.1. The molecule has 1 saturated heterocycles. The quantitative estimate of drug-likeness (QED) is 0.458. The van der Waals surface area contributed by atoms with Crippen LogP contribution in [-0.4, -0.2) is 66.9 Å². The van der Waals surface area contributed by atoms with E-state index in [2.05, 4.69) is 0 Å². The molecule has 3 amide bonds. The van der Waals surface area contributed by atoms with Crippen LogP contribution in [0.15, 0.2) is 42.5 Å². The maximum Gasteiger partial charge on any atom is 0.416 e. The number of carbonyl (C=O) groups is 2. The Morgan fingerprint density at radius 3 is 1.74 bits per heavy atom. The molecule has 1 aliphatic rings. The van der Waals surface area contributed by atoms with E-state index >= 15 is 0 Å². The zero-order chi connectivity index (χ0) is 28.8. The van der Waals surface area contributed by atoms with Crippen molar-refractivity contribution in [2.45, 2.75) is 43.6 Å². The van der Waals surface area contributed by atoms with E-state index in [1.165, 1.54) is 59.9 Å². The number of alkyl halides is 6. The number of halogens is 7. The molecule has 2 atom stereocenters. The summed E-state index contributed by atoms with van der Waals surface area (Å²) in [5.74, 6) is -1.70. The van der Waals surface area contributed by atoms with Crippen LogP contribution in [0.4, 0.5) is 35.5 Å². The largest absolute Gasteiger partial charge is 0.416 e. The number of hydrogen-bond acceptors (Lipinski definition) is 2. The molecule has 2 unspecified atom stereocenters. The lowest BCUT2D eigenvalue weighted by Gasteiger charge is -2.36. The van der Waals surface area contributed by atoms with Gasteiger partial charge in [-0.15, -0.1) is 0 Å². The minimum atomic E-state index is -5.06. The van der Waals surface area contributed by atoms with Gasteiger partial charge in [-0.2, -0.15) is 26.3 Å². The molecule has 12 heteroatoms. The molecular weight excluding hydrogens is 519 g/mol. The van der Waals surface area contributed by atoms with Crippen LogP contribution < -0.4 is 0 Å². The first kappa shape index (κ1) is 29.2. The van der Waals surface area contributed by atoms with E-state index in [-0.39, 0.29) is 25.2 Å². The first-order valence-electron chi connectivity index (χ1n) is 11.6. The predicted molar refractivity (Wildman–Crippen MR) is 126 cm³/mol. The number of nitrogens with zero attached hydrogens (tertiary/aromatic N) is 3. The Morgan fingerprint density at radius 2 is 1.29 bits per heavy atom. The summed E-state index contributed by atoms with van der Waals surface area (Å²) in [6.45, 7) is 2.75. The molecule has 1 aliphatic heterocycles. The average Bonchev–Trinajstić information content (AvgIpc) is 3.26. The molecule has 2 aromatic carbocycles. The molecule has 0 radical (unpaired) electrons. The van der Waals surface area contributed by atoms with Gasteiger partial charge < -0.3 is 14.7 Å². The molecule has 0 N–H and O–H groups in total. The molecule has 3 rings (SSSR count). The van der Waals surface area contributed by atoms with Gasteiger partial charge in [0.25, 0.3) is 0 Å². The molecule has 0 bridgehead atoms. The summed E-state index contributed by atoms with van der Waals surface area (Å²) in [6.07, 6.45) is -10.1. The summed E-state index contributed by atoms with van der Waals surface area (Å²) in [5, 5.41) is 0. The van der Waals surface area contributed by atoms with Crippen LogP contribution >= 0.6 is 0 Å². The van der Waals surface area contributed by atoms with Gasteiger partial charge in [0, 0.05) is 40.2 Å². The summed E-state index contributed by atoms with van der Waals surface area (Å²) >= 11 is 0. The monoisotopic (exact) mass is 547 g/mol. The highest BCUT2D eigenvalue weighted by molar-refractivity contribution is 5.88. The van der Waals surface area contributed by atoms with Gasteiger partial charge in [0.2, 0.25) is 5.91 Å². The van der Waals surface area contributed by atoms with E-state index in [1.54, 1.807) is 14.1 Å². The van der Waals surface area contributed by atoms with Gasteiger partial charge in [-0.1, -0.05) is 12.1 Å². The minimum Gasteiger partial charge on any atom is -0.340 e. The Hall–Kier alpha value is -3.31. The van der Waals surface area contributed by atoms with Crippen LogP contribution in [0.5, 0.6) is 0 Å². The summed E-state index contributed by atoms with van der Waals surface area (Å²) < 4.78 is 94.2. The van der Waals surface area contributed by atoms with Crippen LogP contribution in [0.1, 0.15) is 42.0 Å². The lowest BCUT2D eigenvalue weighted by atomic mass is 9.80. The zero-order valence-electron chi connectivity index (χ0n) is 21.4. The first-order valence-corrected chi connectivity index (χ1v) is 11.6. The Bertz CT molecular complexity index is 1160. The highest BCUT2D eigenvalue weighted by Crippen LogP contribution is 2.40. The van der Waals surface area contributed by atoms with E-state index in [0.29, 0.717) is 17.7 Å². The van der Waals surface area contributed by atoms with Gasteiger partial charge in [-0.05, 0) is 55.3 Å². The van der Waals surface area contributed by atoms with Crippen molar-refractivity contribution >= 4 is 11.9 Å². The number of carbonyl (C=O) groups excluding carboxylic acids is 2. The molecule has 2 aromatic rings. The molecule has 38 heavy (non-hydrogen) atoms. The molecule has 0 aliphatic carbocycles. The van der Waals surface area contributed by atoms with E-state index in [4.69, 9.17) is 0 Å². The third kappa shape index (κ3) is 5.88. The number of urea groups is 1. The fourth-order valence-corrected chi connectivity index (χ4v) is 4.69. The second-order valence-corrected chi connectivity index (χ2v) is 10.1. The zero-order valence-corrected chi connectivity index (χ0v) is 21.4. The molecule has 5 nitrogen and oxygen atoms in total. The third-order valence-electron chi connectivity index (χ3n) is 6.90. The Kier molecular flexibility index (Phi) is 7.78. The Balaban J connectivity index is 2.03. The van der Waals surface area contributed by atoms with Crippen molar-refractivity contribution in [2.24, 2.45) is 0 Å². The number of hydrogen-bond donors (Lipinski definition) is 0. The van der Waals surface area contributed by atoms with Gasteiger partial charge >= 0.3 is 18.4 Å². The third-order valence-corrected chi connectivity index (χ3v) is 6.90. The summed E-state index contributed by atoms with van der Waals surface area (Å²) in [5.41, 5.74) is -4.64. The molecule has 0 spiro atoms. The first-order chi connectivity index (χ1) is 17.3. The summed E-state index contributed by atoms with van der Waals surface area (Å²) in [6, 6.07) is 5.59. The van der Waals surface area contributed by atoms with Crippen LogP contribution in [0.2, 0.25) is 0 Å². The van der Waals surface area contributed by atoms with Crippen LogP contribution in [0, 0.1) is 5.82 Å². The predicted octanol–water partition coefficient (Wildman–Crippen LogP) is 5.75. The number of likely N-dealkylation sites (N-methyl/N-ethyl adjacent to an activating group) is 1. The van der Waals surface area contributed by atoms with Crippen molar-refractivity contribution < 1.29 is 40.3 Å². The fraction of sp³-hybridized carbons (Fsp3) is 0.462. The number of amides is 3. The van der Waals surface area contributed by atoms with Crippen LogP contribution in [0.25, 0.3) is 0 Å². The van der Waals surface area contributed by atoms with Crippen molar-refractivity contribution in [3.63, 3.8) is 0 Å². The van der Waals surface area contributed by atoms with Gasteiger partial charge in [-0.3, -0.25) is 4.79 Å². The maximum atomic E-state index is 13.7. The summed E-state index contributed by atoms with van der Waals surface area (Å²) in [4.78, 5) is 30.5. The van der Waals surface area contributed by atoms with E-state index in [9.17, 15) is 40.3 Å². The molecule has 1 heterocycles. The standard InChI is InChI=1S/C26H28F7N3O2/c1-24(2,16-10-17(25(28,29)30)12-18(11-16)26(31,32)33)22(37)35(5)21-14-36(23(38)34(3)4)13-20(21)15-6-8-19(27)9-7-15/h6-12,20-21H,13-14H2,1-5H3. The van der Waals surface area contributed by atoms with Crippen molar-refractivity contribution in [3.8, 4) is 0 Å². The van der Waals surface area contributed by atoms with Gasteiger partial charge in [0.1, 0.15) is 5.82 Å². The lowest BCUT2D eigenvalue weighted by Crippen LogP contribution is -2.49. The van der Waals surface area contributed by atoms with Gasteiger partial charge in [0.15, 0.2) is 0 Å². The van der Waals surface area contributed by atoms with Crippen LogP contribution in [-0.2, 0) is 22.6 Å². The summed E-state index contributed by atoms with van der Waals surface area (Å²) in [7, 11) is 4.49. The molecular formula is C26H28F7N3O2. The number of likely N-dealkylation sites (tertiary alicyclic amines) is 1. The van der Waals surface area contributed by atoms with E-state index in [0.717, 1.165) is 0 Å². The molecule has 208 valence electrons. The normalized spacial score (nSPS) is 18.5. The van der Waals surface area contributed by atoms with Gasteiger partial charge in [-0.25, -0.2) is 9.18 Å². The van der Waals surface area contributed by atoms with Crippen molar-refractivity contribution in [3.05, 3.63) is 70.5 Å². The van der Waals surface area contributed by atoms with Crippen molar-refractivity contribution in [1.29, 1.82) is 0 Å². The number of benzene rings is 2. The topological polar surface area (TPSA) is 43.9 Å². The fourth-order valence-electron chi connectivity index (χ4n) is 4.69. The molecule has 1 fully saturated rings. The highest BCUT2D eigenvalue weighted by atomic mass is 19.4. The van der Waals surface area contributed by atoms with Crippen molar-refractivity contribution in [2.75, 3.05) is 34.2 Å². The molecule has 0 aromatic heterocycles. The highest BCUT2D eigenvalue weighted by Gasteiger charge is 2.45. The molecule has 0 saturated carbocycles. The Labute approximate surface area is 215 Å². The Morgan fingerprint density at radius 1 is 0.816 bits per heavy atom. The SMILES string of the molecule is CN(C)C(=O)N1CC(c2ccc(F)cc2)C(N(C)C(=O)C(C)(C)c2cc(C(F)(F)F)cc(C(F)(F)F)c2)C1. The maximum absolute atomic E-state index is 13.7. The average molecular weight is 548 g/mol. The van der Waals surface area contributed by atoms with E-state index in [1.807, 2.05) is 0 Å². The smallest absolute Gasteiger partial charge is 0.340 e. The van der Waals surface area contributed by atoms with E-state index < -0.39 is 58.1 Å². The number of rotatable bonds is 4. The van der Waals surface area contributed by atoms with Crippen LogP contribution in [0.3, 0.4) is 0 Å². The van der Waals surface area contributed by atoms with Gasteiger partial charge in [0.05, 0.1) is 22.6 Å². The lowest BCUT2D eigenvalue weighted by molar-refractivity contribution is -0.144. The second kappa shape index (κ2) is 10.1.